The van der Waals surface area contributed by atoms with E-state index in [0.29, 0.717) is 16.7 Å². The highest BCUT2D eigenvalue weighted by atomic mass is 19.1. The van der Waals surface area contributed by atoms with Crippen molar-refractivity contribution in [1.29, 1.82) is 5.41 Å². The van der Waals surface area contributed by atoms with Gasteiger partial charge in [-0.15, -0.1) is 0 Å². The van der Waals surface area contributed by atoms with Crippen LogP contribution >= 0.6 is 0 Å². The Balaban J connectivity index is 1.70. The van der Waals surface area contributed by atoms with E-state index in [4.69, 9.17) is 11.1 Å². The molecule has 1 spiro atoms. The van der Waals surface area contributed by atoms with E-state index in [1.54, 1.807) is 12.1 Å². The molecule has 1 aliphatic heterocycles. The van der Waals surface area contributed by atoms with E-state index < -0.39 is 0 Å². The van der Waals surface area contributed by atoms with Crippen LogP contribution in [0.5, 0.6) is 0 Å². The predicted octanol–water partition coefficient (Wildman–Crippen LogP) is 3.66. The van der Waals surface area contributed by atoms with Crippen LogP contribution in [0.25, 0.3) is 0 Å². The van der Waals surface area contributed by atoms with Crippen molar-refractivity contribution in [2.75, 3.05) is 18.0 Å². The topological polar surface area (TPSA) is 53.1 Å². The van der Waals surface area contributed by atoms with Crippen LogP contribution in [0.15, 0.2) is 18.2 Å². The Hall–Kier alpha value is -1.58. The van der Waals surface area contributed by atoms with Crippen molar-refractivity contribution in [3.63, 3.8) is 0 Å². The minimum Gasteiger partial charge on any atom is -0.384 e. The van der Waals surface area contributed by atoms with Gasteiger partial charge in [0, 0.05) is 18.7 Å². The molecule has 1 saturated heterocycles. The Bertz CT molecular complexity index is 525. The monoisotopic (exact) mass is 289 g/mol. The zero-order valence-corrected chi connectivity index (χ0v) is 12.5. The van der Waals surface area contributed by atoms with Crippen molar-refractivity contribution in [1.82, 2.24) is 0 Å². The van der Waals surface area contributed by atoms with Crippen molar-refractivity contribution in [3.8, 4) is 0 Å². The third-order valence-electron chi connectivity index (χ3n) is 5.34. The Morgan fingerprint density at radius 1 is 1.10 bits per heavy atom. The van der Waals surface area contributed by atoms with Gasteiger partial charge in [-0.05, 0) is 49.3 Å². The summed E-state index contributed by atoms with van der Waals surface area (Å²) in [5.41, 5.74) is 7.05. The first kappa shape index (κ1) is 14.4. The van der Waals surface area contributed by atoms with E-state index in [9.17, 15) is 4.39 Å². The molecule has 2 aliphatic rings. The van der Waals surface area contributed by atoms with Crippen molar-refractivity contribution in [2.45, 2.75) is 44.9 Å². The SMILES string of the molecule is N=C(N)c1ccc(N2CCC3(CCCCC3)CC2)c(F)c1. The van der Waals surface area contributed by atoms with Gasteiger partial charge in [0.25, 0.3) is 0 Å². The molecule has 0 amide bonds. The number of hydrogen-bond donors (Lipinski definition) is 2. The zero-order chi connectivity index (χ0) is 14.9. The molecule has 3 N–H and O–H groups in total. The molecule has 3 rings (SSSR count). The smallest absolute Gasteiger partial charge is 0.147 e. The molecular weight excluding hydrogens is 265 g/mol. The fourth-order valence-electron chi connectivity index (χ4n) is 3.95. The molecule has 0 atom stereocenters. The Morgan fingerprint density at radius 2 is 1.76 bits per heavy atom. The van der Waals surface area contributed by atoms with E-state index in [1.807, 2.05) is 0 Å². The summed E-state index contributed by atoms with van der Waals surface area (Å²) in [5, 5.41) is 7.37. The predicted molar refractivity (Wildman–Crippen MR) is 84.4 cm³/mol. The first-order valence-corrected chi connectivity index (χ1v) is 7.99. The molecule has 0 unspecified atom stereocenters. The molecule has 1 aromatic rings. The van der Waals surface area contributed by atoms with Gasteiger partial charge >= 0.3 is 0 Å². The molecule has 0 radical (unpaired) electrons. The van der Waals surface area contributed by atoms with Gasteiger partial charge in [-0.1, -0.05) is 19.3 Å². The summed E-state index contributed by atoms with van der Waals surface area (Å²) in [5.74, 6) is -0.345. The number of halogens is 1. The fraction of sp³-hybridized carbons (Fsp3) is 0.588. The van der Waals surface area contributed by atoms with Crippen molar-refractivity contribution in [3.05, 3.63) is 29.6 Å². The average molecular weight is 289 g/mol. The summed E-state index contributed by atoms with van der Waals surface area (Å²) >= 11 is 0. The van der Waals surface area contributed by atoms with Gasteiger partial charge in [0.05, 0.1) is 5.69 Å². The second-order valence-corrected chi connectivity index (χ2v) is 6.63. The molecule has 3 nitrogen and oxygen atoms in total. The van der Waals surface area contributed by atoms with Crippen LogP contribution in [-0.4, -0.2) is 18.9 Å². The second kappa shape index (κ2) is 5.66. The number of nitrogens with one attached hydrogen (secondary N) is 1. The fourth-order valence-corrected chi connectivity index (χ4v) is 3.95. The highest BCUT2D eigenvalue weighted by Crippen LogP contribution is 2.45. The number of nitrogens with zero attached hydrogens (tertiary/aromatic N) is 1. The molecule has 1 heterocycles. The maximum atomic E-state index is 14.2. The first-order valence-electron chi connectivity index (χ1n) is 7.99. The molecular formula is C17H24FN3. The Morgan fingerprint density at radius 3 is 2.33 bits per heavy atom. The van der Waals surface area contributed by atoms with Crippen LogP contribution < -0.4 is 10.6 Å². The van der Waals surface area contributed by atoms with E-state index in [2.05, 4.69) is 4.90 Å². The van der Waals surface area contributed by atoms with Crippen molar-refractivity contribution < 1.29 is 4.39 Å². The van der Waals surface area contributed by atoms with Gasteiger partial charge in [0.15, 0.2) is 0 Å². The molecule has 2 fully saturated rings. The van der Waals surface area contributed by atoms with E-state index in [0.717, 1.165) is 13.1 Å². The number of amidine groups is 1. The minimum absolute atomic E-state index is 0.0831. The van der Waals surface area contributed by atoms with Crippen LogP contribution in [0.3, 0.4) is 0 Å². The summed E-state index contributed by atoms with van der Waals surface area (Å²) < 4.78 is 14.2. The van der Waals surface area contributed by atoms with Gasteiger partial charge in [0.2, 0.25) is 0 Å². The van der Waals surface area contributed by atoms with Crippen LogP contribution in [0, 0.1) is 16.6 Å². The van der Waals surface area contributed by atoms with Crippen LogP contribution in [0.2, 0.25) is 0 Å². The largest absolute Gasteiger partial charge is 0.384 e. The molecule has 1 aliphatic carbocycles. The third kappa shape index (κ3) is 2.89. The van der Waals surface area contributed by atoms with Crippen LogP contribution in [0.4, 0.5) is 10.1 Å². The maximum absolute atomic E-state index is 14.2. The van der Waals surface area contributed by atoms with Gasteiger partial charge in [-0.3, -0.25) is 5.41 Å². The lowest BCUT2D eigenvalue weighted by Gasteiger charge is -2.45. The van der Waals surface area contributed by atoms with E-state index in [-0.39, 0.29) is 11.7 Å². The quantitative estimate of drug-likeness (QED) is 0.645. The number of piperidine rings is 1. The highest BCUT2D eigenvalue weighted by molar-refractivity contribution is 5.95. The lowest BCUT2D eigenvalue weighted by atomic mass is 9.68. The maximum Gasteiger partial charge on any atom is 0.147 e. The van der Waals surface area contributed by atoms with Crippen LogP contribution in [-0.2, 0) is 0 Å². The molecule has 114 valence electrons. The molecule has 0 bridgehead atoms. The summed E-state index contributed by atoms with van der Waals surface area (Å²) in [4.78, 5) is 2.15. The summed E-state index contributed by atoms with van der Waals surface area (Å²) in [6.45, 7) is 1.88. The molecule has 21 heavy (non-hydrogen) atoms. The Labute approximate surface area is 125 Å². The van der Waals surface area contributed by atoms with Crippen molar-refractivity contribution in [2.24, 2.45) is 11.1 Å². The van der Waals surface area contributed by atoms with E-state index in [1.165, 1.54) is 51.0 Å². The lowest BCUT2D eigenvalue weighted by Crippen LogP contribution is -2.41. The van der Waals surface area contributed by atoms with Crippen molar-refractivity contribution >= 4 is 11.5 Å². The third-order valence-corrected chi connectivity index (χ3v) is 5.34. The molecule has 4 heteroatoms. The molecule has 1 aromatic carbocycles. The summed E-state index contributed by atoms with van der Waals surface area (Å²) in [6, 6.07) is 4.89. The lowest BCUT2D eigenvalue weighted by molar-refractivity contribution is 0.144. The number of nitrogens with two attached hydrogens (primary N) is 1. The van der Waals surface area contributed by atoms with E-state index >= 15 is 0 Å². The molecule has 1 saturated carbocycles. The highest BCUT2D eigenvalue weighted by Gasteiger charge is 2.35. The number of rotatable bonds is 2. The Kier molecular flexibility index (Phi) is 3.87. The number of benzene rings is 1. The van der Waals surface area contributed by atoms with Gasteiger partial charge in [0.1, 0.15) is 11.7 Å². The first-order chi connectivity index (χ1) is 10.1. The summed E-state index contributed by atoms with van der Waals surface area (Å²) in [7, 11) is 0. The average Bonchev–Trinajstić information content (AvgIpc) is 2.49. The zero-order valence-electron chi connectivity index (χ0n) is 12.5. The molecule has 0 aromatic heterocycles. The van der Waals surface area contributed by atoms with Gasteiger partial charge in [-0.2, -0.15) is 0 Å². The normalized spacial score (nSPS) is 21.5. The van der Waals surface area contributed by atoms with Crippen LogP contribution in [0.1, 0.15) is 50.5 Å². The van der Waals surface area contributed by atoms with Gasteiger partial charge < -0.3 is 10.6 Å². The standard InChI is InChI=1S/C17H24FN3/c18-14-12-13(16(19)20)4-5-15(14)21-10-8-17(9-11-21)6-2-1-3-7-17/h4-5,12H,1-3,6-11H2,(H3,19,20). The number of anilines is 1. The summed E-state index contributed by atoms with van der Waals surface area (Å²) in [6.07, 6.45) is 9.18. The number of nitrogen functional groups attached to an aromatic ring is 1. The number of hydrogen-bond acceptors (Lipinski definition) is 2. The second-order valence-electron chi connectivity index (χ2n) is 6.63. The van der Waals surface area contributed by atoms with Gasteiger partial charge in [-0.25, -0.2) is 4.39 Å². The minimum atomic E-state index is -0.262.